The van der Waals surface area contributed by atoms with E-state index < -0.39 is 21.7 Å². The third kappa shape index (κ3) is 3.77. The molecule has 0 spiro atoms. The number of sulfonamides is 1. The highest BCUT2D eigenvalue weighted by Crippen LogP contribution is 2.32. The minimum atomic E-state index is -3.39. The van der Waals surface area contributed by atoms with Gasteiger partial charge in [0.1, 0.15) is 5.82 Å². The van der Waals surface area contributed by atoms with Crippen LogP contribution in [0.2, 0.25) is 5.02 Å². The fraction of sp³-hybridized carbons (Fsp3) is 0.235. The summed E-state index contributed by atoms with van der Waals surface area (Å²) >= 11 is 5.90. The van der Waals surface area contributed by atoms with E-state index in [0.717, 1.165) is 36.8 Å². The summed E-state index contributed by atoms with van der Waals surface area (Å²) in [4.78, 5) is 12.3. The van der Waals surface area contributed by atoms with E-state index in [-0.39, 0.29) is 10.6 Å². The number of carbonyl (C=O) groups excluding carboxylic acids is 1. The van der Waals surface area contributed by atoms with Crippen LogP contribution in [0.25, 0.3) is 0 Å². The van der Waals surface area contributed by atoms with Crippen molar-refractivity contribution in [1.82, 2.24) is 0 Å². The van der Waals surface area contributed by atoms with Crippen molar-refractivity contribution < 1.29 is 17.6 Å². The summed E-state index contributed by atoms with van der Waals surface area (Å²) in [5.74, 6) is -1.02. The molecular weight excluding hydrogens is 367 g/mol. The standard InChI is InChI=1S/C17H16ClFN2O3S/c1-25(23,24)21-8-2-3-11-4-6-13(10-16(11)21)20-17(22)14-7-5-12(19)9-15(14)18/h4-7,9-10H,2-3,8H2,1H3,(H,20,22). The van der Waals surface area contributed by atoms with Crippen LogP contribution in [0.5, 0.6) is 0 Å². The molecule has 1 N–H and O–H groups in total. The molecule has 0 aromatic heterocycles. The number of nitrogens with zero attached hydrogens (tertiary/aromatic N) is 1. The van der Waals surface area contributed by atoms with Gasteiger partial charge in [-0.1, -0.05) is 17.7 Å². The summed E-state index contributed by atoms with van der Waals surface area (Å²) in [5, 5.41) is 2.68. The Morgan fingerprint density at radius 1 is 1.24 bits per heavy atom. The third-order valence-electron chi connectivity index (χ3n) is 4.00. The van der Waals surface area contributed by atoms with Gasteiger partial charge >= 0.3 is 0 Å². The molecule has 0 bridgehead atoms. The van der Waals surface area contributed by atoms with Crippen molar-refractivity contribution in [2.45, 2.75) is 12.8 Å². The second kappa shape index (κ2) is 6.65. The number of hydrogen-bond acceptors (Lipinski definition) is 3. The SMILES string of the molecule is CS(=O)(=O)N1CCCc2ccc(NC(=O)c3ccc(F)cc3Cl)cc21. The van der Waals surface area contributed by atoms with Gasteiger partial charge in [0.15, 0.2) is 0 Å². The predicted octanol–water partition coefficient (Wildman–Crippen LogP) is 3.44. The molecule has 1 heterocycles. The first-order valence-corrected chi connectivity index (χ1v) is 9.85. The number of carbonyl (C=O) groups is 1. The van der Waals surface area contributed by atoms with Gasteiger partial charge in [0.25, 0.3) is 5.91 Å². The predicted molar refractivity (Wildman–Crippen MR) is 96.3 cm³/mol. The molecule has 2 aromatic carbocycles. The van der Waals surface area contributed by atoms with Crippen molar-refractivity contribution in [2.24, 2.45) is 0 Å². The Morgan fingerprint density at radius 3 is 2.68 bits per heavy atom. The third-order valence-corrected chi connectivity index (χ3v) is 5.49. The van der Waals surface area contributed by atoms with Gasteiger partial charge in [-0.3, -0.25) is 9.10 Å². The lowest BCUT2D eigenvalue weighted by Crippen LogP contribution is -2.34. The molecule has 0 atom stereocenters. The Kier molecular flexibility index (Phi) is 4.71. The lowest BCUT2D eigenvalue weighted by Gasteiger charge is -2.29. The van der Waals surface area contributed by atoms with E-state index in [1.165, 1.54) is 10.4 Å². The lowest BCUT2D eigenvalue weighted by atomic mass is 10.0. The van der Waals surface area contributed by atoms with E-state index in [1.807, 2.05) is 0 Å². The number of amides is 1. The fourth-order valence-corrected chi connectivity index (χ4v) is 4.08. The Labute approximate surface area is 150 Å². The maximum Gasteiger partial charge on any atom is 0.257 e. The van der Waals surface area contributed by atoms with Crippen molar-refractivity contribution in [3.05, 3.63) is 58.4 Å². The minimum Gasteiger partial charge on any atom is -0.322 e. The fourth-order valence-electron chi connectivity index (χ4n) is 2.84. The molecule has 0 aliphatic carbocycles. The van der Waals surface area contributed by atoms with Gasteiger partial charge in [-0.15, -0.1) is 0 Å². The van der Waals surface area contributed by atoms with Crippen molar-refractivity contribution in [3.8, 4) is 0 Å². The number of hydrogen-bond donors (Lipinski definition) is 1. The number of halogens is 2. The van der Waals surface area contributed by atoms with Crippen molar-refractivity contribution in [2.75, 3.05) is 22.4 Å². The molecular formula is C17H16ClFN2O3S. The number of nitrogens with one attached hydrogen (secondary N) is 1. The normalized spacial score (nSPS) is 14.1. The molecule has 2 aromatic rings. The summed E-state index contributed by atoms with van der Waals surface area (Å²) in [6.45, 7) is 0.410. The van der Waals surface area contributed by atoms with Crippen LogP contribution in [0, 0.1) is 5.82 Å². The largest absolute Gasteiger partial charge is 0.322 e. The summed E-state index contributed by atoms with van der Waals surface area (Å²) in [5.41, 5.74) is 2.06. The summed E-state index contributed by atoms with van der Waals surface area (Å²) in [6.07, 6.45) is 2.68. The van der Waals surface area contributed by atoms with E-state index in [0.29, 0.717) is 17.9 Å². The van der Waals surface area contributed by atoms with Gasteiger partial charge in [-0.25, -0.2) is 12.8 Å². The average molecular weight is 383 g/mol. The van der Waals surface area contributed by atoms with Gasteiger partial charge in [-0.05, 0) is 48.7 Å². The molecule has 8 heteroatoms. The van der Waals surface area contributed by atoms with Crippen LogP contribution in [0.1, 0.15) is 22.3 Å². The van der Waals surface area contributed by atoms with Crippen LogP contribution >= 0.6 is 11.6 Å². The molecule has 5 nitrogen and oxygen atoms in total. The molecule has 3 rings (SSSR count). The van der Waals surface area contributed by atoms with Crippen LogP contribution in [0.3, 0.4) is 0 Å². The maximum absolute atomic E-state index is 13.1. The van der Waals surface area contributed by atoms with Gasteiger partial charge in [0.2, 0.25) is 10.0 Å². The Bertz CT molecular complexity index is 947. The van der Waals surface area contributed by atoms with Crippen molar-refractivity contribution in [3.63, 3.8) is 0 Å². The highest BCUT2D eigenvalue weighted by molar-refractivity contribution is 7.92. The van der Waals surface area contributed by atoms with Gasteiger partial charge in [0, 0.05) is 12.2 Å². The zero-order valence-corrected chi connectivity index (χ0v) is 15.0. The Morgan fingerprint density at radius 2 is 2.00 bits per heavy atom. The first-order chi connectivity index (χ1) is 11.8. The number of benzene rings is 2. The molecule has 132 valence electrons. The molecule has 1 aliphatic rings. The zero-order chi connectivity index (χ0) is 18.2. The molecule has 0 fully saturated rings. The second-order valence-electron chi connectivity index (χ2n) is 5.86. The smallest absolute Gasteiger partial charge is 0.257 e. The van der Waals surface area contributed by atoms with Crippen molar-refractivity contribution >= 4 is 38.9 Å². The molecule has 0 unspecified atom stereocenters. The summed E-state index contributed by atoms with van der Waals surface area (Å²) in [6, 6.07) is 8.65. The molecule has 0 radical (unpaired) electrons. The Hall–Kier alpha value is -2.12. The van der Waals surface area contributed by atoms with E-state index in [9.17, 15) is 17.6 Å². The first kappa shape index (κ1) is 17.7. The van der Waals surface area contributed by atoms with Crippen LogP contribution in [-0.2, 0) is 16.4 Å². The van der Waals surface area contributed by atoms with Crippen LogP contribution in [0.15, 0.2) is 36.4 Å². The van der Waals surface area contributed by atoms with E-state index in [2.05, 4.69) is 5.32 Å². The second-order valence-corrected chi connectivity index (χ2v) is 8.17. The quantitative estimate of drug-likeness (QED) is 0.884. The minimum absolute atomic E-state index is 0.00761. The Balaban J connectivity index is 1.90. The van der Waals surface area contributed by atoms with E-state index in [4.69, 9.17) is 11.6 Å². The number of rotatable bonds is 3. The summed E-state index contributed by atoms with van der Waals surface area (Å²) in [7, 11) is -3.39. The van der Waals surface area contributed by atoms with Gasteiger partial charge < -0.3 is 5.32 Å². The van der Waals surface area contributed by atoms with Crippen molar-refractivity contribution in [1.29, 1.82) is 0 Å². The van der Waals surface area contributed by atoms with Gasteiger partial charge in [-0.2, -0.15) is 0 Å². The maximum atomic E-state index is 13.1. The average Bonchev–Trinajstić information content (AvgIpc) is 2.53. The topological polar surface area (TPSA) is 66.5 Å². The summed E-state index contributed by atoms with van der Waals surface area (Å²) < 4.78 is 38.4. The van der Waals surface area contributed by atoms with Crippen LogP contribution in [-0.4, -0.2) is 27.1 Å². The highest BCUT2D eigenvalue weighted by atomic mass is 35.5. The van der Waals surface area contributed by atoms with Crippen LogP contribution in [0.4, 0.5) is 15.8 Å². The lowest BCUT2D eigenvalue weighted by molar-refractivity contribution is 0.102. The molecule has 0 saturated heterocycles. The van der Waals surface area contributed by atoms with E-state index in [1.54, 1.807) is 18.2 Å². The van der Waals surface area contributed by atoms with Gasteiger partial charge in [0.05, 0.1) is 22.5 Å². The highest BCUT2D eigenvalue weighted by Gasteiger charge is 2.24. The van der Waals surface area contributed by atoms with E-state index >= 15 is 0 Å². The monoisotopic (exact) mass is 382 g/mol. The molecule has 25 heavy (non-hydrogen) atoms. The number of fused-ring (bicyclic) bond motifs is 1. The number of aryl methyl sites for hydroxylation is 1. The first-order valence-electron chi connectivity index (χ1n) is 7.63. The molecule has 0 saturated carbocycles. The zero-order valence-electron chi connectivity index (χ0n) is 13.4. The number of anilines is 2. The van der Waals surface area contributed by atoms with Crippen LogP contribution < -0.4 is 9.62 Å². The molecule has 1 amide bonds. The molecule has 1 aliphatic heterocycles.